The molecule has 0 aromatic rings. The van der Waals surface area contributed by atoms with E-state index < -0.39 is 0 Å². The highest BCUT2D eigenvalue weighted by molar-refractivity contribution is 4.31. The second-order valence-electron chi connectivity index (χ2n) is 4.01. The van der Waals surface area contributed by atoms with E-state index in [1.165, 1.54) is 0 Å². The Bertz CT molecular complexity index is 135. The molecule has 0 fully saturated rings. The highest BCUT2D eigenvalue weighted by Gasteiger charge is 1.88. The first-order valence-electron chi connectivity index (χ1n) is 8.29. The zero-order valence-electron chi connectivity index (χ0n) is 14.9. The van der Waals surface area contributed by atoms with Crippen LogP contribution >= 0.6 is 0 Å². The van der Waals surface area contributed by atoms with Crippen molar-refractivity contribution < 1.29 is 28.4 Å². The quantitative estimate of drug-likeness (QED) is 0.406. The van der Waals surface area contributed by atoms with Gasteiger partial charge in [0.15, 0.2) is 0 Å². The summed E-state index contributed by atoms with van der Waals surface area (Å²) >= 11 is 0. The fraction of sp³-hybridized carbons (Fsp3) is 1.00. The number of ether oxygens (including phenoxy) is 6. The molecule has 6 nitrogen and oxygen atoms in total. The molecule has 0 spiro atoms. The Balaban J connectivity index is 0. The largest absolute Gasteiger partial charge is 0.379 e. The van der Waals surface area contributed by atoms with Crippen LogP contribution < -0.4 is 0 Å². The fourth-order valence-electron chi connectivity index (χ4n) is 1.25. The minimum Gasteiger partial charge on any atom is -0.379 e. The Hall–Kier alpha value is -0.240. The lowest BCUT2D eigenvalue weighted by Gasteiger charge is -2.03. The molecule has 136 valence electrons. The lowest BCUT2D eigenvalue weighted by Crippen LogP contribution is -2.08. The molecule has 0 aromatic carbocycles. The molecule has 0 saturated heterocycles. The van der Waals surface area contributed by atoms with Crippen LogP contribution in [0, 0.1) is 0 Å². The van der Waals surface area contributed by atoms with Gasteiger partial charge in [-0.1, -0.05) is 0 Å². The number of rotatable bonds is 16. The Labute approximate surface area is 136 Å². The van der Waals surface area contributed by atoms with Gasteiger partial charge in [0.05, 0.1) is 52.9 Å². The molecule has 6 heteroatoms. The zero-order chi connectivity index (χ0) is 16.7. The molecule has 0 unspecified atom stereocenters. The van der Waals surface area contributed by atoms with Crippen molar-refractivity contribution in [1.29, 1.82) is 0 Å². The molecule has 0 N–H and O–H groups in total. The van der Waals surface area contributed by atoms with Gasteiger partial charge in [0.2, 0.25) is 0 Å². The van der Waals surface area contributed by atoms with E-state index in [-0.39, 0.29) is 0 Å². The maximum Gasteiger partial charge on any atom is 0.0701 e. The predicted octanol–water partition coefficient (Wildman–Crippen LogP) is 2.15. The Morgan fingerprint density at radius 3 is 0.682 bits per heavy atom. The summed E-state index contributed by atoms with van der Waals surface area (Å²) in [5.41, 5.74) is 0. The molecule has 0 aliphatic carbocycles. The van der Waals surface area contributed by atoms with Gasteiger partial charge in [0, 0.05) is 26.4 Å². The molecule has 0 rings (SSSR count). The van der Waals surface area contributed by atoms with Crippen molar-refractivity contribution in [3.8, 4) is 0 Å². The third kappa shape index (κ3) is 28.0. The average molecular weight is 324 g/mol. The molecule has 0 aliphatic heterocycles. The van der Waals surface area contributed by atoms with E-state index >= 15 is 0 Å². The summed E-state index contributed by atoms with van der Waals surface area (Å²) in [7, 11) is 0. The summed E-state index contributed by atoms with van der Waals surface area (Å²) in [6.07, 6.45) is 0. The normalized spacial score (nSPS) is 10.4. The topological polar surface area (TPSA) is 55.4 Å². The Morgan fingerprint density at radius 2 is 0.500 bits per heavy atom. The molecule has 0 bridgehead atoms. The van der Waals surface area contributed by atoms with Gasteiger partial charge in [-0.3, -0.25) is 0 Å². The van der Waals surface area contributed by atoms with Crippen LogP contribution in [-0.2, 0) is 28.4 Å². The summed E-state index contributed by atoms with van der Waals surface area (Å²) in [6.45, 7) is 16.3. The monoisotopic (exact) mass is 324 g/mol. The van der Waals surface area contributed by atoms with Gasteiger partial charge >= 0.3 is 0 Å². The predicted molar refractivity (Wildman–Crippen MR) is 87.6 cm³/mol. The van der Waals surface area contributed by atoms with E-state index in [9.17, 15) is 0 Å². The SMILES string of the molecule is CCOCCOCCOCC.CCOCCOCCOCC. The van der Waals surface area contributed by atoms with Crippen molar-refractivity contribution >= 4 is 0 Å². The Kier molecular flexibility index (Phi) is 28.1. The third-order valence-corrected chi connectivity index (χ3v) is 2.30. The average Bonchev–Trinajstić information content (AvgIpc) is 2.54. The van der Waals surface area contributed by atoms with Crippen LogP contribution in [0.2, 0.25) is 0 Å². The van der Waals surface area contributed by atoms with Crippen LogP contribution in [0.3, 0.4) is 0 Å². The molecule has 0 atom stereocenters. The minimum atomic E-state index is 0.668. The first kappa shape index (κ1) is 24.0. The molecular formula is C16H36O6. The third-order valence-electron chi connectivity index (χ3n) is 2.30. The summed E-state index contributed by atoms with van der Waals surface area (Å²) in [5, 5.41) is 0. The van der Waals surface area contributed by atoms with E-state index in [1.54, 1.807) is 0 Å². The lowest BCUT2D eigenvalue weighted by atomic mass is 10.7. The van der Waals surface area contributed by atoms with Crippen LogP contribution in [0.4, 0.5) is 0 Å². The van der Waals surface area contributed by atoms with Crippen LogP contribution in [0.25, 0.3) is 0 Å². The molecule has 0 aliphatic rings. The van der Waals surface area contributed by atoms with E-state index in [1.807, 2.05) is 27.7 Å². The lowest BCUT2D eigenvalue weighted by molar-refractivity contribution is 0.0195. The van der Waals surface area contributed by atoms with Crippen LogP contribution in [-0.4, -0.2) is 79.3 Å². The summed E-state index contributed by atoms with van der Waals surface area (Å²) in [6, 6.07) is 0. The standard InChI is InChI=1S/2C8H18O3/c2*1-3-9-5-7-11-8-6-10-4-2/h2*3-8H2,1-2H3. The first-order chi connectivity index (χ1) is 10.8. The van der Waals surface area contributed by atoms with Gasteiger partial charge in [-0.05, 0) is 27.7 Å². The molecule has 0 aromatic heterocycles. The maximum atomic E-state index is 5.19. The van der Waals surface area contributed by atoms with Crippen molar-refractivity contribution in [3.63, 3.8) is 0 Å². The van der Waals surface area contributed by atoms with Gasteiger partial charge < -0.3 is 28.4 Å². The van der Waals surface area contributed by atoms with Crippen molar-refractivity contribution in [2.24, 2.45) is 0 Å². The van der Waals surface area contributed by atoms with Gasteiger partial charge in [-0.25, -0.2) is 0 Å². The molecule has 0 heterocycles. The summed E-state index contributed by atoms with van der Waals surface area (Å²) in [5.74, 6) is 0. The molecule has 0 saturated carbocycles. The second kappa shape index (κ2) is 25.7. The van der Waals surface area contributed by atoms with Gasteiger partial charge in [-0.2, -0.15) is 0 Å². The highest BCUT2D eigenvalue weighted by atomic mass is 16.5. The van der Waals surface area contributed by atoms with E-state index in [2.05, 4.69) is 0 Å². The van der Waals surface area contributed by atoms with Crippen molar-refractivity contribution in [3.05, 3.63) is 0 Å². The van der Waals surface area contributed by atoms with Gasteiger partial charge in [0.1, 0.15) is 0 Å². The van der Waals surface area contributed by atoms with Gasteiger partial charge in [-0.15, -0.1) is 0 Å². The van der Waals surface area contributed by atoms with Gasteiger partial charge in [0.25, 0.3) is 0 Å². The van der Waals surface area contributed by atoms with E-state index in [0.29, 0.717) is 52.9 Å². The molecule has 0 amide bonds. The van der Waals surface area contributed by atoms with E-state index in [4.69, 9.17) is 28.4 Å². The van der Waals surface area contributed by atoms with Crippen LogP contribution in [0.15, 0.2) is 0 Å². The molecule has 0 radical (unpaired) electrons. The first-order valence-corrected chi connectivity index (χ1v) is 8.29. The van der Waals surface area contributed by atoms with Crippen molar-refractivity contribution in [1.82, 2.24) is 0 Å². The van der Waals surface area contributed by atoms with Crippen LogP contribution in [0.5, 0.6) is 0 Å². The van der Waals surface area contributed by atoms with E-state index in [0.717, 1.165) is 26.4 Å². The minimum absolute atomic E-state index is 0.668. The van der Waals surface area contributed by atoms with Crippen molar-refractivity contribution in [2.75, 3.05) is 79.3 Å². The highest BCUT2D eigenvalue weighted by Crippen LogP contribution is 1.80. The molecule has 22 heavy (non-hydrogen) atoms. The van der Waals surface area contributed by atoms with Crippen LogP contribution in [0.1, 0.15) is 27.7 Å². The second-order valence-corrected chi connectivity index (χ2v) is 4.01. The smallest absolute Gasteiger partial charge is 0.0701 e. The zero-order valence-corrected chi connectivity index (χ0v) is 14.9. The summed E-state index contributed by atoms with van der Waals surface area (Å²) < 4.78 is 30.7. The van der Waals surface area contributed by atoms with Crippen molar-refractivity contribution in [2.45, 2.75) is 27.7 Å². The summed E-state index contributed by atoms with van der Waals surface area (Å²) in [4.78, 5) is 0. The maximum absolute atomic E-state index is 5.19. The number of hydrogen-bond acceptors (Lipinski definition) is 6. The Morgan fingerprint density at radius 1 is 0.318 bits per heavy atom. The number of hydrogen-bond donors (Lipinski definition) is 0. The molecular weight excluding hydrogens is 288 g/mol. The fourth-order valence-corrected chi connectivity index (χ4v) is 1.25.